The molecule has 0 aliphatic rings. The molecule has 3 nitrogen and oxygen atoms in total. The number of aromatic nitrogens is 1. The number of nitrogens with two attached hydrogens (primary N) is 1. The van der Waals surface area contributed by atoms with Crippen molar-refractivity contribution in [3.05, 3.63) is 54.0 Å². The zero-order chi connectivity index (χ0) is 13.7. The Labute approximate surface area is 112 Å². The van der Waals surface area contributed by atoms with Gasteiger partial charge in [-0.2, -0.15) is 0 Å². The Kier molecular flexibility index (Phi) is 4.34. The molecule has 1 aromatic heterocycles. The summed E-state index contributed by atoms with van der Waals surface area (Å²) in [6.07, 6.45) is 2.23. The maximum Gasteiger partial charge on any atom is 0.141 e. The number of benzene rings is 1. The molecule has 2 N–H and O–H groups in total. The summed E-state index contributed by atoms with van der Waals surface area (Å²) in [5, 5.41) is 0. The average Bonchev–Trinajstić information content (AvgIpc) is 2.42. The second-order valence-electron chi connectivity index (χ2n) is 4.45. The van der Waals surface area contributed by atoms with Crippen LogP contribution < -0.4 is 10.6 Å². The Morgan fingerprint density at radius 3 is 2.63 bits per heavy atom. The van der Waals surface area contributed by atoms with Crippen molar-refractivity contribution in [2.24, 2.45) is 0 Å². The van der Waals surface area contributed by atoms with Crippen molar-refractivity contribution in [1.29, 1.82) is 0 Å². The first kappa shape index (κ1) is 13.3. The van der Waals surface area contributed by atoms with Gasteiger partial charge in [0.2, 0.25) is 0 Å². The minimum atomic E-state index is -0.320. The molecule has 0 aliphatic heterocycles. The molecule has 0 radical (unpaired) electrons. The third-order valence-electron chi connectivity index (χ3n) is 2.95. The summed E-state index contributed by atoms with van der Waals surface area (Å²) in [6.45, 7) is 3.64. The van der Waals surface area contributed by atoms with Crippen LogP contribution in [-0.2, 0) is 6.54 Å². The molecule has 0 atom stereocenters. The van der Waals surface area contributed by atoms with Gasteiger partial charge in [-0.05, 0) is 30.2 Å². The van der Waals surface area contributed by atoms with Crippen molar-refractivity contribution in [2.45, 2.75) is 19.9 Å². The van der Waals surface area contributed by atoms with Crippen LogP contribution in [0.25, 0.3) is 0 Å². The highest BCUT2D eigenvalue weighted by Crippen LogP contribution is 2.18. The van der Waals surface area contributed by atoms with Gasteiger partial charge in [-0.25, -0.2) is 9.37 Å². The van der Waals surface area contributed by atoms with Crippen LogP contribution in [0.3, 0.4) is 0 Å². The maximum absolute atomic E-state index is 12.9. The normalized spacial score (nSPS) is 10.4. The van der Waals surface area contributed by atoms with Crippen molar-refractivity contribution in [3.8, 4) is 0 Å². The maximum atomic E-state index is 12.9. The molecule has 4 heteroatoms. The van der Waals surface area contributed by atoms with E-state index in [0.717, 1.165) is 30.0 Å². The van der Waals surface area contributed by atoms with E-state index in [4.69, 9.17) is 5.73 Å². The van der Waals surface area contributed by atoms with E-state index in [1.165, 1.54) is 12.3 Å². The van der Waals surface area contributed by atoms with E-state index >= 15 is 0 Å². The largest absolute Gasteiger partial charge is 0.398 e. The molecule has 100 valence electrons. The third kappa shape index (κ3) is 3.44. The molecular formula is C15H18FN3. The van der Waals surface area contributed by atoms with Crippen LogP contribution in [0, 0.1) is 5.82 Å². The van der Waals surface area contributed by atoms with Gasteiger partial charge >= 0.3 is 0 Å². The number of nitrogen functional groups attached to an aromatic ring is 1. The number of halogens is 1. The summed E-state index contributed by atoms with van der Waals surface area (Å²) in [7, 11) is 0. The van der Waals surface area contributed by atoms with E-state index in [1.807, 2.05) is 24.3 Å². The van der Waals surface area contributed by atoms with E-state index < -0.39 is 0 Å². The highest BCUT2D eigenvalue weighted by atomic mass is 19.1. The molecule has 0 saturated carbocycles. The molecule has 2 rings (SSSR count). The monoisotopic (exact) mass is 259 g/mol. The second-order valence-corrected chi connectivity index (χ2v) is 4.45. The molecule has 2 aromatic rings. The van der Waals surface area contributed by atoms with E-state index in [1.54, 1.807) is 6.07 Å². The standard InChI is InChI=1S/C15H18FN3/c1-2-9-19(15-8-7-13(16)10-18-15)11-12-5-3-4-6-14(12)17/h3-8,10H,2,9,11,17H2,1H3. The molecule has 0 amide bonds. The number of hydrogen-bond acceptors (Lipinski definition) is 3. The second kappa shape index (κ2) is 6.18. The van der Waals surface area contributed by atoms with Crippen LogP contribution in [0.1, 0.15) is 18.9 Å². The Balaban J connectivity index is 2.21. The molecule has 0 spiro atoms. The van der Waals surface area contributed by atoms with Crippen molar-refractivity contribution in [3.63, 3.8) is 0 Å². The first-order valence-corrected chi connectivity index (χ1v) is 6.40. The van der Waals surface area contributed by atoms with Crippen LogP contribution in [0.2, 0.25) is 0 Å². The summed E-state index contributed by atoms with van der Waals surface area (Å²) < 4.78 is 12.9. The minimum Gasteiger partial charge on any atom is -0.398 e. The Morgan fingerprint density at radius 2 is 2.00 bits per heavy atom. The summed E-state index contributed by atoms with van der Waals surface area (Å²) in [6, 6.07) is 10.9. The van der Waals surface area contributed by atoms with Gasteiger partial charge in [-0.15, -0.1) is 0 Å². The average molecular weight is 259 g/mol. The zero-order valence-corrected chi connectivity index (χ0v) is 11.0. The van der Waals surface area contributed by atoms with Gasteiger partial charge in [0.05, 0.1) is 6.20 Å². The fourth-order valence-corrected chi connectivity index (χ4v) is 1.98. The van der Waals surface area contributed by atoms with E-state index in [-0.39, 0.29) is 5.82 Å². The zero-order valence-electron chi connectivity index (χ0n) is 11.0. The number of hydrogen-bond donors (Lipinski definition) is 1. The molecule has 0 aliphatic carbocycles. The lowest BCUT2D eigenvalue weighted by molar-refractivity contribution is 0.619. The Morgan fingerprint density at radius 1 is 1.21 bits per heavy atom. The van der Waals surface area contributed by atoms with Crippen molar-refractivity contribution < 1.29 is 4.39 Å². The summed E-state index contributed by atoms with van der Waals surface area (Å²) in [5.41, 5.74) is 7.79. The highest BCUT2D eigenvalue weighted by molar-refractivity contribution is 5.49. The van der Waals surface area contributed by atoms with Gasteiger partial charge in [-0.3, -0.25) is 0 Å². The number of para-hydroxylation sites is 1. The van der Waals surface area contributed by atoms with Gasteiger partial charge in [0, 0.05) is 18.8 Å². The van der Waals surface area contributed by atoms with Gasteiger partial charge < -0.3 is 10.6 Å². The summed E-state index contributed by atoms with van der Waals surface area (Å²) in [5.74, 6) is 0.450. The lowest BCUT2D eigenvalue weighted by atomic mass is 10.1. The van der Waals surface area contributed by atoms with Crippen molar-refractivity contribution >= 4 is 11.5 Å². The molecule has 0 saturated heterocycles. The summed E-state index contributed by atoms with van der Waals surface area (Å²) >= 11 is 0. The fourth-order valence-electron chi connectivity index (χ4n) is 1.98. The lowest BCUT2D eigenvalue weighted by Crippen LogP contribution is -2.25. The van der Waals surface area contributed by atoms with Crippen molar-refractivity contribution in [1.82, 2.24) is 4.98 Å². The first-order chi connectivity index (χ1) is 9.20. The molecule has 19 heavy (non-hydrogen) atoms. The van der Waals surface area contributed by atoms with Crippen LogP contribution >= 0.6 is 0 Å². The molecule has 1 heterocycles. The van der Waals surface area contributed by atoms with Crippen molar-refractivity contribution in [2.75, 3.05) is 17.2 Å². The smallest absolute Gasteiger partial charge is 0.141 e. The van der Waals surface area contributed by atoms with E-state index in [2.05, 4.69) is 16.8 Å². The van der Waals surface area contributed by atoms with Gasteiger partial charge in [0.15, 0.2) is 0 Å². The van der Waals surface area contributed by atoms with Gasteiger partial charge in [0.25, 0.3) is 0 Å². The van der Waals surface area contributed by atoms with E-state index in [9.17, 15) is 4.39 Å². The summed E-state index contributed by atoms with van der Waals surface area (Å²) in [4.78, 5) is 6.24. The molecule has 0 bridgehead atoms. The number of pyridine rings is 1. The van der Waals surface area contributed by atoms with Crippen LogP contribution in [-0.4, -0.2) is 11.5 Å². The number of anilines is 2. The Bertz CT molecular complexity index is 525. The topological polar surface area (TPSA) is 42.1 Å². The van der Waals surface area contributed by atoms with Crippen LogP contribution in [0.5, 0.6) is 0 Å². The molecule has 0 fully saturated rings. The number of nitrogens with zero attached hydrogens (tertiary/aromatic N) is 2. The first-order valence-electron chi connectivity index (χ1n) is 6.40. The minimum absolute atomic E-state index is 0.320. The predicted octanol–water partition coefficient (Wildman–Crippen LogP) is 3.22. The predicted molar refractivity (Wildman–Crippen MR) is 76.4 cm³/mol. The molecular weight excluding hydrogens is 241 g/mol. The lowest BCUT2D eigenvalue weighted by Gasteiger charge is -2.23. The molecule has 1 aromatic carbocycles. The Hall–Kier alpha value is -2.10. The number of rotatable bonds is 5. The molecule has 0 unspecified atom stereocenters. The van der Waals surface area contributed by atoms with Gasteiger partial charge in [0.1, 0.15) is 11.6 Å². The fraction of sp³-hybridized carbons (Fsp3) is 0.267. The van der Waals surface area contributed by atoms with Crippen LogP contribution in [0.15, 0.2) is 42.6 Å². The van der Waals surface area contributed by atoms with Gasteiger partial charge in [-0.1, -0.05) is 25.1 Å². The van der Waals surface area contributed by atoms with E-state index in [0.29, 0.717) is 6.54 Å². The highest BCUT2D eigenvalue weighted by Gasteiger charge is 2.09. The quantitative estimate of drug-likeness (QED) is 0.838. The SMILES string of the molecule is CCCN(Cc1ccccc1N)c1ccc(F)cn1. The van der Waals surface area contributed by atoms with Crippen LogP contribution in [0.4, 0.5) is 15.9 Å². The third-order valence-corrected chi connectivity index (χ3v) is 2.95.